The van der Waals surface area contributed by atoms with E-state index in [2.05, 4.69) is 10.3 Å². The van der Waals surface area contributed by atoms with Crippen LogP contribution in [0.5, 0.6) is 0 Å². The molecule has 0 radical (unpaired) electrons. The van der Waals surface area contributed by atoms with Crippen LogP contribution in [-0.4, -0.2) is 42.7 Å². The van der Waals surface area contributed by atoms with Gasteiger partial charge in [-0.2, -0.15) is 0 Å². The SMILES string of the molecule is O=C(COC(=O)c1cccc2cccc(-c3nc4ccccc4o3)c12)NCC1CCCO1. The second-order valence-corrected chi connectivity index (χ2v) is 7.71. The van der Waals surface area contributed by atoms with Crippen LogP contribution in [0, 0.1) is 0 Å². The zero-order valence-corrected chi connectivity index (χ0v) is 17.4. The Bertz CT molecular complexity index is 1250. The molecule has 32 heavy (non-hydrogen) atoms. The van der Waals surface area contributed by atoms with Crippen molar-refractivity contribution in [1.29, 1.82) is 0 Å². The number of ether oxygens (including phenoxy) is 2. The van der Waals surface area contributed by atoms with Crippen LogP contribution in [-0.2, 0) is 14.3 Å². The minimum absolute atomic E-state index is 0.0339. The van der Waals surface area contributed by atoms with Crippen molar-refractivity contribution in [1.82, 2.24) is 10.3 Å². The molecule has 1 N–H and O–H groups in total. The molecule has 4 aromatic rings. The van der Waals surface area contributed by atoms with Crippen LogP contribution < -0.4 is 5.32 Å². The Labute approximate surface area is 184 Å². The first-order chi connectivity index (χ1) is 15.7. The van der Waals surface area contributed by atoms with E-state index < -0.39 is 5.97 Å². The summed E-state index contributed by atoms with van der Waals surface area (Å²) in [4.78, 5) is 29.6. The first-order valence-electron chi connectivity index (χ1n) is 10.6. The third kappa shape index (κ3) is 4.07. The van der Waals surface area contributed by atoms with E-state index in [0.29, 0.717) is 34.5 Å². The summed E-state index contributed by atoms with van der Waals surface area (Å²) in [6, 6.07) is 18.5. The van der Waals surface area contributed by atoms with Crippen LogP contribution in [0.15, 0.2) is 65.1 Å². The highest BCUT2D eigenvalue weighted by Crippen LogP contribution is 2.33. The van der Waals surface area contributed by atoms with E-state index in [-0.39, 0.29) is 18.6 Å². The van der Waals surface area contributed by atoms with E-state index in [1.807, 2.05) is 48.5 Å². The monoisotopic (exact) mass is 430 g/mol. The quantitative estimate of drug-likeness (QED) is 0.463. The second-order valence-electron chi connectivity index (χ2n) is 7.71. The van der Waals surface area contributed by atoms with E-state index in [1.54, 1.807) is 12.1 Å². The van der Waals surface area contributed by atoms with Crippen LogP contribution in [0.4, 0.5) is 0 Å². The summed E-state index contributed by atoms with van der Waals surface area (Å²) in [5.41, 5.74) is 2.45. The normalized spacial score (nSPS) is 15.8. The molecule has 1 aliphatic heterocycles. The Morgan fingerprint density at radius 3 is 2.72 bits per heavy atom. The summed E-state index contributed by atoms with van der Waals surface area (Å²) in [6.45, 7) is 0.790. The molecule has 5 rings (SSSR count). The van der Waals surface area contributed by atoms with Gasteiger partial charge in [0.1, 0.15) is 5.52 Å². The van der Waals surface area contributed by atoms with E-state index >= 15 is 0 Å². The van der Waals surface area contributed by atoms with Crippen molar-refractivity contribution in [2.75, 3.05) is 19.8 Å². The lowest BCUT2D eigenvalue weighted by molar-refractivity contribution is -0.124. The fourth-order valence-electron chi connectivity index (χ4n) is 3.97. The molecule has 1 saturated heterocycles. The number of fused-ring (bicyclic) bond motifs is 2. The van der Waals surface area contributed by atoms with Crippen molar-refractivity contribution >= 4 is 33.7 Å². The standard InChI is InChI=1S/C25H22N2O5/c28-22(26-14-17-8-5-13-30-17)15-31-25(29)19-10-4-7-16-6-3-9-18(23(16)19)24-27-20-11-1-2-12-21(20)32-24/h1-4,6-7,9-12,17H,5,8,13-15H2,(H,26,28). The number of nitrogens with one attached hydrogen (secondary N) is 1. The van der Waals surface area contributed by atoms with E-state index in [9.17, 15) is 9.59 Å². The van der Waals surface area contributed by atoms with Gasteiger partial charge in [0, 0.05) is 24.1 Å². The lowest BCUT2D eigenvalue weighted by Gasteiger charge is -2.12. The van der Waals surface area contributed by atoms with Crippen LogP contribution in [0.25, 0.3) is 33.3 Å². The van der Waals surface area contributed by atoms with Gasteiger partial charge < -0.3 is 19.2 Å². The number of amides is 1. The maximum Gasteiger partial charge on any atom is 0.339 e. The highest BCUT2D eigenvalue weighted by atomic mass is 16.5. The Morgan fingerprint density at radius 1 is 1.06 bits per heavy atom. The lowest BCUT2D eigenvalue weighted by atomic mass is 9.99. The summed E-state index contributed by atoms with van der Waals surface area (Å²) in [5, 5.41) is 4.28. The third-order valence-electron chi connectivity index (χ3n) is 5.53. The van der Waals surface area contributed by atoms with Crippen molar-refractivity contribution in [2.24, 2.45) is 0 Å². The summed E-state index contributed by atoms with van der Waals surface area (Å²) in [5.74, 6) is -0.508. The number of oxazole rings is 1. The minimum atomic E-state index is -0.577. The lowest BCUT2D eigenvalue weighted by Crippen LogP contribution is -2.34. The first-order valence-corrected chi connectivity index (χ1v) is 10.6. The van der Waals surface area contributed by atoms with Gasteiger partial charge in [0.05, 0.1) is 11.7 Å². The molecule has 0 aliphatic carbocycles. The zero-order chi connectivity index (χ0) is 21.9. The molecule has 1 unspecified atom stereocenters. The number of para-hydroxylation sites is 2. The Morgan fingerprint density at radius 2 is 1.91 bits per heavy atom. The van der Waals surface area contributed by atoms with E-state index in [4.69, 9.17) is 13.9 Å². The summed E-state index contributed by atoms with van der Waals surface area (Å²) in [6.07, 6.45) is 1.96. The smallest absolute Gasteiger partial charge is 0.339 e. The van der Waals surface area contributed by atoms with E-state index in [0.717, 1.165) is 30.4 Å². The topological polar surface area (TPSA) is 90.7 Å². The number of rotatable bonds is 6. The molecule has 0 saturated carbocycles. The van der Waals surface area contributed by atoms with Crippen molar-refractivity contribution in [3.8, 4) is 11.5 Å². The van der Waals surface area contributed by atoms with Crippen molar-refractivity contribution in [2.45, 2.75) is 18.9 Å². The average Bonchev–Trinajstić information content (AvgIpc) is 3.50. The van der Waals surface area contributed by atoms with Crippen LogP contribution in [0.3, 0.4) is 0 Å². The molecular weight excluding hydrogens is 408 g/mol. The highest BCUT2D eigenvalue weighted by Gasteiger charge is 2.20. The average molecular weight is 430 g/mol. The molecule has 1 amide bonds. The predicted molar refractivity (Wildman–Crippen MR) is 119 cm³/mol. The van der Waals surface area contributed by atoms with Crippen LogP contribution in [0.2, 0.25) is 0 Å². The number of carbonyl (C=O) groups is 2. The molecule has 7 heteroatoms. The number of aromatic nitrogens is 1. The van der Waals surface area contributed by atoms with Gasteiger partial charge in [-0.15, -0.1) is 0 Å². The van der Waals surface area contributed by atoms with E-state index in [1.165, 1.54) is 0 Å². The second kappa shape index (κ2) is 8.80. The van der Waals surface area contributed by atoms with Gasteiger partial charge >= 0.3 is 5.97 Å². The number of benzene rings is 3. The number of carbonyl (C=O) groups excluding carboxylic acids is 2. The molecule has 3 aromatic carbocycles. The molecule has 1 fully saturated rings. The maximum atomic E-state index is 12.9. The molecule has 7 nitrogen and oxygen atoms in total. The van der Waals surface area contributed by atoms with Gasteiger partial charge in [-0.1, -0.05) is 36.4 Å². The van der Waals surface area contributed by atoms with Crippen molar-refractivity contribution in [3.63, 3.8) is 0 Å². The molecule has 1 atom stereocenters. The van der Waals surface area contributed by atoms with Gasteiger partial charge in [-0.05, 0) is 42.5 Å². The minimum Gasteiger partial charge on any atom is -0.452 e. The highest BCUT2D eigenvalue weighted by molar-refractivity contribution is 6.10. The van der Waals surface area contributed by atoms with Crippen LogP contribution in [0.1, 0.15) is 23.2 Å². The third-order valence-corrected chi connectivity index (χ3v) is 5.53. The maximum absolute atomic E-state index is 12.9. The summed E-state index contributed by atoms with van der Waals surface area (Å²) < 4.78 is 16.7. The summed E-state index contributed by atoms with van der Waals surface area (Å²) >= 11 is 0. The molecular formula is C25H22N2O5. The van der Waals surface area contributed by atoms with Gasteiger partial charge in [-0.3, -0.25) is 4.79 Å². The first kappa shape index (κ1) is 20.2. The van der Waals surface area contributed by atoms with Gasteiger partial charge in [0.2, 0.25) is 5.89 Å². The Kier molecular flexibility index (Phi) is 5.56. The number of nitrogens with zero attached hydrogens (tertiary/aromatic N) is 1. The van der Waals surface area contributed by atoms with Gasteiger partial charge in [0.25, 0.3) is 5.91 Å². The van der Waals surface area contributed by atoms with Crippen molar-refractivity contribution < 1.29 is 23.5 Å². The molecule has 162 valence electrons. The molecule has 2 heterocycles. The Balaban J connectivity index is 1.38. The van der Waals surface area contributed by atoms with Crippen molar-refractivity contribution in [3.05, 3.63) is 66.2 Å². The fraction of sp³-hybridized carbons (Fsp3) is 0.240. The van der Waals surface area contributed by atoms with Gasteiger partial charge in [0.15, 0.2) is 12.2 Å². The zero-order valence-electron chi connectivity index (χ0n) is 17.4. The largest absolute Gasteiger partial charge is 0.452 e. The number of esters is 1. The predicted octanol–water partition coefficient (Wildman–Crippen LogP) is 4.10. The molecule has 0 bridgehead atoms. The Hall–Kier alpha value is -3.71. The molecule has 1 aromatic heterocycles. The summed E-state index contributed by atoms with van der Waals surface area (Å²) in [7, 11) is 0. The number of hydrogen-bond acceptors (Lipinski definition) is 6. The molecule has 0 spiro atoms. The fourth-order valence-corrected chi connectivity index (χ4v) is 3.97. The van der Waals surface area contributed by atoms with Crippen LogP contribution >= 0.6 is 0 Å². The van der Waals surface area contributed by atoms with Gasteiger partial charge in [-0.25, -0.2) is 9.78 Å². The number of hydrogen-bond donors (Lipinski definition) is 1. The molecule has 1 aliphatic rings.